The predicted octanol–water partition coefficient (Wildman–Crippen LogP) is 4.46. The van der Waals surface area contributed by atoms with E-state index in [0.717, 1.165) is 12.0 Å². The lowest BCUT2D eigenvalue weighted by Gasteiger charge is -2.15. The molecular weight excluding hydrogens is 383 g/mol. The molecule has 27 heavy (non-hydrogen) atoms. The molecule has 1 saturated heterocycles. The van der Waals surface area contributed by atoms with Crippen molar-refractivity contribution in [2.45, 2.75) is 32.0 Å². The predicted molar refractivity (Wildman–Crippen MR) is 97.2 cm³/mol. The Balaban J connectivity index is 0.00000261. The lowest BCUT2D eigenvalue weighted by molar-refractivity contribution is -0.274. The first-order valence-corrected chi connectivity index (χ1v) is 8.35. The molecule has 4 nitrogen and oxygen atoms in total. The Kier molecular flexibility index (Phi) is 7.77. The highest BCUT2D eigenvalue weighted by Gasteiger charge is 2.31. The first kappa shape index (κ1) is 21.3. The number of hydrogen-bond donors (Lipinski definition) is 1. The second kappa shape index (κ2) is 9.82. The van der Waals surface area contributed by atoms with Gasteiger partial charge < -0.3 is 19.5 Å². The molecule has 0 spiro atoms. The summed E-state index contributed by atoms with van der Waals surface area (Å²) in [5.41, 5.74) is 1.58. The minimum Gasteiger partial charge on any atom is -0.489 e. The fourth-order valence-electron chi connectivity index (χ4n) is 2.71. The molecule has 1 aliphatic heterocycles. The van der Waals surface area contributed by atoms with Crippen molar-refractivity contribution in [3.8, 4) is 11.5 Å². The van der Waals surface area contributed by atoms with Crippen LogP contribution in [0, 0.1) is 0 Å². The normalized spacial score (nSPS) is 16.6. The largest absolute Gasteiger partial charge is 0.573 e. The highest BCUT2D eigenvalue weighted by molar-refractivity contribution is 5.85. The Morgan fingerprint density at radius 2 is 1.78 bits per heavy atom. The molecule has 2 aromatic carbocycles. The molecule has 148 valence electrons. The van der Waals surface area contributed by atoms with Gasteiger partial charge in [-0.1, -0.05) is 30.3 Å². The molecule has 1 heterocycles. The SMILES string of the molecule is Cl.FC(F)(F)Oc1cc(CNC2CCOC2)cc(OCc2ccccc2)c1. The third-order valence-corrected chi connectivity index (χ3v) is 3.95. The molecule has 0 aliphatic carbocycles. The van der Waals surface area contributed by atoms with Crippen LogP contribution in [0.1, 0.15) is 17.5 Å². The zero-order chi connectivity index (χ0) is 18.4. The highest BCUT2D eigenvalue weighted by atomic mass is 35.5. The van der Waals surface area contributed by atoms with Crippen LogP contribution >= 0.6 is 12.4 Å². The fourth-order valence-corrected chi connectivity index (χ4v) is 2.71. The summed E-state index contributed by atoms with van der Waals surface area (Å²) < 4.78 is 52.8. The number of halogens is 4. The molecule has 1 aliphatic rings. The van der Waals surface area contributed by atoms with Crippen molar-refractivity contribution in [1.29, 1.82) is 0 Å². The van der Waals surface area contributed by atoms with Gasteiger partial charge in [-0.3, -0.25) is 0 Å². The van der Waals surface area contributed by atoms with Crippen LogP contribution in [-0.2, 0) is 17.9 Å². The molecule has 0 bridgehead atoms. The number of nitrogens with one attached hydrogen (secondary N) is 1. The molecule has 0 amide bonds. The van der Waals surface area contributed by atoms with E-state index in [0.29, 0.717) is 31.1 Å². The molecule has 1 atom stereocenters. The van der Waals surface area contributed by atoms with Gasteiger partial charge in [-0.2, -0.15) is 0 Å². The molecule has 1 N–H and O–H groups in total. The standard InChI is InChI=1S/C19H20F3NO3.ClH/c20-19(21,22)26-18-9-15(11-23-16-6-7-24-13-16)8-17(10-18)25-12-14-4-2-1-3-5-14;/h1-5,8-10,16,23H,6-7,11-13H2;1H. The van der Waals surface area contributed by atoms with Crippen LogP contribution in [-0.4, -0.2) is 25.6 Å². The van der Waals surface area contributed by atoms with Gasteiger partial charge in [0.25, 0.3) is 0 Å². The van der Waals surface area contributed by atoms with Gasteiger partial charge >= 0.3 is 6.36 Å². The minimum absolute atomic E-state index is 0. The number of rotatable bonds is 7. The summed E-state index contributed by atoms with van der Waals surface area (Å²) in [6, 6.07) is 14.0. The molecule has 0 radical (unpaired) electrons. The first-order chi connectivity index (χ1) is 12.5. The van der Waals surface area contributed by atoms with Gasteiger partial charge in [0.05, 0.1) is 6.61 Å². The molecule has 1 fully saturated rings. The van der Waals surface area contributed by atoms with Gasteiger partial charge in [0.15, 0.2) is 0 Å². The summed E-state index contributed by atoms with van der Waals surface area (Å²) >= 11 is 0. The Morgan fingerprint density at radius 3 is 2.44 bits per heavy atom. The quantitative estimate of drug-likeness (QED) is 0.740. The number of ether oxygens (including phenoxy) is 3. The van der Waals surface area contributed by atoms with Gasteiger partial charge in [-0.05, 0) is 29.7 Å². The van der Waals surface area contributed by atoms with Crippen molar-refractivity contribution in [3.05, 3.63) is 59.7 Å². The zero-order valence-electron chi connectivity index (χ0n) is 14.5. The molecule has 2 aromatic rings. The summed E-state index contributed by atoms with van der Waals surface area (Å²) in [7, 11) is 0. The first-order valence-electron chi connectivity index (χ1n) is 8.35. The third kappa shape index (κ3) is 7.28. The molecule has 1 unspecified atom stereocenters. The van der Waals surface area contributed by atoms with Gasteiger partial charge in [0.2, 0.25) is 0 Å². The molecule has 8 heteroatoms. The summed E-state index contributed by atoms with van der Waals surface area (Å²) in [5, 5.41) is 3.27. The monoisotopic (exact) mass is 403 g/mol. The smallest absolute Gasteiger partial charge is 0.489 e. The Hall–Kier alpha value is -1.96. The highest BCUT2D eigenvalue weighted by Crippen LogP contribution is 2.29. The van der Waals surface area contributed by atoms with E-state index in [9.17, 15) is 13.2 Å². The van der Waals surface area contributed by atoms with E-state index in [1.165, 1.54) is 12.1 Å². The van der Waals surface area contributed by atoms with Crippen LogP contribution < -0.4 is 14.8 Å². The van der Waals surface area contributed by atoms with E-state index in [2.05, 4.69) is 10.1 Å². The summed E-state index contributed by atoms with van der Waals surface area (Å²) in [5.74, 6) is 0.0395. The second-order valence-corrected chi connectivity index (χ2v) is 6.08. The van der Waals surface area contributed by atoms with Crippen LogP contribution in [0.5, 0.6) is 11.5 Å². The van der Waals surface area contributed by atoms with Crippen molar-refractivity contribution in [1.82, 2.24) is 5.32 Å². The topological polar surface area (TPSA) is 39.7 Å². The van der Waals surface area contributed by atoms with E-state index in [1.54, 1.807) is 6.07 Å². The maximum Gasteiger partial charge on any atom is 0.573 e. The van der Waals surface area contributed by atoms with Crippen LogP contribution in [0.2, 0.25) is 0 Å². The van der Waals surface area contributed by atoms with Crippen LogP contribution in [0.4, 0.5) is 13.2 Å². The van der Waals surface area contributed by atoms with Crippen molar-refractivity contribution >= 4 is 12.4 Å². The Labute approximate surface area is 162 Å². The average Bonchev–Trinajstić information content (AvgIpc) is 3.11. The number of alkyl halides is 3. The summed E-state index contributed by atoms with van der Waals surface area (Å²) in [4.78, 5) is 0. The van der Waals surface area contributed by atoms with E-state index in [1.807, 2.05) is 30.3 Å². The van der Waals surface area contributed by atoms with Crippen LogP contribution in [0.15, 0.2) is 48.5 Å². The maximum atomic E-state index is 12.6. The Bertz CT molecular complexity index is 707. The van der Waals surface area contributed by atoms with Gasteiger partial charge in [0, 0.05) is 25.3 Å². The van der Waals surface area contributed by atoms with Crippen molar-refractivity contribution in [2.24, 2.45) is 0 Å². The molecule has 0 saturated carbocycles. The third-order valence-electron chi connectivity index (χ3n) is 3.95. The Morgan fingerprint density at radius 1 is 1.04 bits per heavy atom. The van der Waals surface area contributed by atoms with Crippen molar-refractivity contribution in [3.63, 3.8) is 0 Å². The molecule has 3 rings (SSSR count). The number of hydrogen-bond acceptors (Lipinski definition) is 4. The van der Waals surface area contributed by atoms with E-state index < -0.39 is 6.36 Å². The zero-order valence-corrected chi connectivity index (χ0v) is 15.3. The van der Waals surface area contributed by atoms with Crippen molar-refractivity contribution < 1.29 is 27.4 Å². The van der Waals surface area contributed by atoms with Crippen LogP contribution in [0.25, 0.3) is 0 Å². The van der Waals surface area contributed by atoms with Crippen LogP contribution in [0.3, 0.4) is 0 Å². The lowest BCUT2D eigenvalue weighted by atomic mass is 10.1. The average molecular weight is 404 g/mol. The maximum absolute atomic E-state index is 12.6. The minimum atomic E-state index is -4.75. The lowest BCUT2D eigenvalue weighted by Crippen LogP contribution is -2.28. The van der Waals surface area contributed by atoms with Gasteiger partial charge in [0.1, 0.15) is 18.1 Å². The summed E-state index contributed by atoms with van der Waals surface area (Å²) in [6.45, 7) is 1.97. The summed E-state index contributed by atoms with van der Waals surface area (Å²) in [6.07, 6.45) is -3.86. The number of benzene rings is 2. The van der Waals surface area contributed by atoms with E-state index >= 15 is 0 Å². The van der Waals surface area contributed by atoms with Gasteiger partial charge in [-0.25, -0.2) is 0 Å². The van der Waals surface area contributed by atoms with E-state index in [-0.39, 0.29) is 30.8 Å². The molecular formula is C19H21ClF3NO3. The molecule has 0 aromatic heterocycles. The van der Waals surface area contributed by atoms with E-state index in [4.69, 9.17) is 9.47 Å². The second-order valence-electron chi connectivity index (χ2n) is 6.08. The van der Waals surface area contributed by atoms with Crippen molar-refractivity contribution in [2.75, 3.05) is 13.2 Å². The van der Waals surface area contributed by atoms with Gasteiger partial charge in [-0.15, -0.1) is 25.6 Å². The fraction of sp³-hybridized carbons (Fsp3) is 0.368.